The molecule has 0 saturated heterocycles. The summed E-state index contributed by atoms with van der Waals surface area (Å²) in [5, 5.41) is 0. The molecule has 2 rings (SSSR count). The topological polar surface area (TPSA) is 46.2 Å². The van der Waals surface area contributed by atoms with Gasteiger partial charge in [-0.25, -0.2) is 13.1 Å². The molecule has 2 aromatic rings. The fourth-order valence-corrected chi connectivity index (χ4v) is 5.41. The second-order valence-corrected chi connectivity index (χ2v) is 8.83. The standard InChI is InChI=1S/C14H16BrNO2S2/c1-11-13(10-14(15)19-11)20(17,18)16-9-5-8-12-6-3-2-4-7-12/h2-4,6-7,10,16H,5,8-9H2,1H3. The number of rotatable bonds is 6. The Labute approximate surface area is 132 Å². The SMILES string of the molecule is Cc1sc(Br)cc1S(=O)(=O)NCCCc1ccccc1. The molecule has 0 fully saturated rings. The molecule has 0 aliphatic rings. The highest BCUT2D eigenvalue weighted by molar-refractivity contribution is 9.11. The van der Waals surface area contributed by atoms with Gasteiger partial charge < -0.3 is 0 Å². The molecule has 1 heterocycles. The van der Waals surface area contributed by atoms with E-state index in [0.29, 0.717) is 11.4 Å². The van der Waals surface area contributed by atoms with Gasteiger partial charge in [-0.15, -0.1) is 11.3 Å². The van der Waals surface area contributed by atoms with Gasteiger partial charge in [0.1, 0.15) is 0 Å². The van der Waals surface area contributed by atoms with Gasteiger partial charge in [0.05, 0.1) is 8.68 Å². The summed E-state index contributed by atoms with van der Waals surface area (Å²) >= 11 is 4.74. The lowest BCUT2D eigenvalue weighted by atomic mass is 10.1. The first-order chi connectivity index (χ1) is 9.49. The summed E-state index contributed by atoms with van der Waals surface area (Å²) in [5.41, 5.74) is 1.22. The van der Waals surface area contributed by atoms with Crippen LogP contribution >= 0.6 is 27.3 Å². The normalized spacial score (nSPS) is 11.7. The third kappa shape index (κ3) is 4.15. The fourth-order valence-electron chi connectivity index (χ4n) is 1.92. The fraction of sp³-hybridized carbons (Fsp3) is 0.286. The van der Waals surface area contributed by atoms with Crippen LogP contribution in [-0.4, -0.2) is 15.0 Å². The molecular formula is C14H16BrNO2S2. The molecule has 108 valence electrons. The molecule has 1 N–H and O–H groups in total. The van der Waals surface area contributed by atoms with Crippen LogP contribution in [0, 0.1) is 6.92 Å². The number of halogens is 1. The van der Waals surface area contributed by atoms with Crippen molar-refractivity contribution in [1.29, 1.82) is 0 Å². The summed E-state index contributed by atoms with van der Waals surface area (Å²) in [6.45, 7) is 2.26. The number of aryl methyl sites for hydroxylation is 2. The molecule has 0 bridgehead atoms. The molecule has 1 aromatic carbocycles. The molecule has 0 amide bonds. The van der Waals surface area contributed by atoms with Crippen molar-refractivity contribution in [3.05, 3.63) is 50.6 Å². The number of hydrogen-bond acceptors (Lipinski definition) is 3. The third-order valence-corrected chi connectivity index (χ3v) is 6.18. The highest BCUT2D eigenvalue weighted by atomic mass is 79.9. The first-order valence-electron chi connectivity index (χ1n) is 6.28. The smallest absolute Gasteiger partial charge is 0.211 e. The lowest BCUT2D eigenvalue weighted by Gasteiger charge is -2.06. The van der Waals surface area contributed by atoms with Crippen LogP contribution in [0.3, 0.4) is 0 Å². The van der Waals surface area contributed by atoms with Gasteiger partial charge in [-0.05, 0) is 47.3 Å². The van der Waals surface area contributed by atoms with Crippen LogP contribution in [0.1, 0.15) is 16.9 Å². The Morgan fingerprint density at radius 1 is 1.25 bits per heavy atom. The lowest BCUT2D eigenvalue weighted by Crippen LogP contribution is -2.25. The molecule has 0 saturated carbocycles. The highest BCUT2D eigenvalue weighted by Gasteiger charge is 2.18. The van der Waals surface area contributed by atoms with Crippen molar-refractivity contribution in [2.24, 2.45) is 0 Å². The van der Waals surface area contributed by atoms with E-state index < -0.39 is 10.0 Å². The van der Waals surface area contributed by atoms with Gasteiger partial charge in [-0.3, -0.25) is 0 Å². The van der Waals surface area contributed by atoms with Crippen molar-refractivity contribution < 1.29 is 8.42 Å². The van der Waals surface area contributed by atoms with Crippen molar-refractivity contribution in [3.8, 4) is 0 Å². The summed E-state index contributed by atoms with van der Waals surface area (Å²) in [5.74, 6) is 0. The van der Waals surface area contributed by atoms with E-state index in [1.54, 1.807) is 6.07 Å². The summed E-state index contributed by atoms with van der Waals surface area (Å²) in [6, 6.07) is 11.7. The second-order valence-electron chi connectivity index (χ2n) is 4.46. The monoisotopic (exact) mass is 373 g/mol. The second kappa shape index (κ2) is 6.85. The molecule has 0 unspecified atom stereocenters. The highest BCUT2D eigenvalue weighted by Crippen LogP contribution is 2.29. The van der Waals surface area contributed by atoms with Crippen LogP contribution in [0.5, 0.6) is 0 Å². The Morgan fingerprint density at radius 3 is 2.55 bits per heavy atom. The van der Waals surface area contributed by atoms with Gasteiger partial charge in [0.25, 0.3) is 0 Å². The van der Waals surface area contributed by atoms with E-state index in [-0.39, 0.29) is 0 Å². The van der Waals surface area contributed by atoms with E-state index in [0.717, 1.165) is 21.5 Å². The Morgan fingerprint density at radius 2 is 1.95 bits per heavy atom. The molecule has 0 spiro atoms. The number of thiophene rings is 1. The van der Waals surface area contributed by atoms with Gasteiger partial charge in [-0.1, -0.05) is 30.3 Å². The average Bonchev–Trinajstić information content (AvgIpc) is 2.76. The van der Waals surface area contributed by atoms with Crippen LogP contribution in [0.15, 0.2) is 45.1 Å². The third-order valence-electron chi connectivity index (χ3n) is 2.91. The summed E-state index contributed by atoms with van der Waals surface area (Å²) in [7, 11) is -3.39. The van der Waals surface area contributed by atoms with Crippen molar-refractivity contribution >= 4 is 37.3 Å². The van der Waals surface area contributed by atoms with Gasteiger partial charge >= 0.3 is 0 Å². The Bertz CT molecular complexity index is 666. The maximum Gasteiger partial charge on any atom is 0.241 e. The molecular weight excluding hydrogens is 358 g/mol. The first-order valence-corrected chi connectivity index (χ1v) is 9.38. The molecule has 3 nitrogen and oxygen atoms in total. The predicted octanol–water partition coefficient (Wildman–Crippen LogP) is 3.73. The molecule has 0 aliphatic carbocycles. The summed E-state index contributed by atoms with van der Waals surface area (Å²) in [6.07, 6.45) is 1.66. The Balaban J connectivity index is 1.89. The van der Waals surface area contributed by atoms with E-state index in [2.05, 4.69) is 32.8 Å². The van der Waals surface area contributed by atoms with Crippen LogP contribution < -0.4 is 4.72 Å². The zero-order chi connectivity index (χ0) is 14.6. The number of sulfonamides is 1. The van der Waals surface area contributed by atoms with Crippen molar-refractivity contribution in [3.63, 3.8) is 0 Å². The Hall–Kier alpha value is -0.690. The minimum Gasteiger partial charge on any atom is -0.211 e. The van der Waals surface area contributed by atoms with Gasteiger partial charge in [0, 0.05) is 11.4 Å². The number of benzene rings is 1. The molecule has 1 aromatic heterocycles. The molecule has 20 heavy (non-hydrogen) atoms. The Kier molecular flexibility index (Phi) is 5.37. The summed E-state index contributed by atoms with van der Waals surface area (Å²) < 4.78 is 27.8. The van der Waals surface area contributed by atoms with Crippen LogP contribution in [0.4, 0.5) is 0 Å². The van der Waals surface area contributed by atoms with Crippen LogP contribution in [0.2, 0.25) is 0 Å². The van der Waals surface area contributed by atoms with Crippen LogP contribution in [-0.2, 0) is 16.4 Å². The molecule has 0 radical (unpaired) electrons. The molecule has 6 heteroatoms. The zero-order valence-electron chi connectivity index (χ0n) is 11.1. The summed E-state index contributed by atoms with van der Waals surface area (Å²) in [4.78, 5) is 1.17. The largest absolute Gasteiger partial charge is 0.241 e. The molecule has 0 atom stereocenters. The van der Waals surface area contributed by atoms with E-state index in [1.165, 1.54) is 16.9 Å². The van der Waals surface area contributed by atoms with Crippen LogP contribution in [0.25, 0.3) is 0 Å². The lowest BCUT2D eigenvalue weighted by molar-refractivity contribution is 0.579. The predicted molar refractivity (Wildman–Crippen MR) is 86.7 cm³/mol. The number of nitrogens with one attached hydrogen (secondary N) is 1. The maximum atomic E-state index is 12.2. The van der Waals surface area contributed by atoms with Gasteiger partial charge in [-0.2, -0.15) is 0 Å². The van der Waals surface area contributed by atoms with E-state index >= 15 is 0 Å². The van der Waals surface area contributed by atoms with Gasteiger partial charge in [0.15, 0.2) is 0 Å². The average molecular weight is 374 g/mol. The first kappa shape index (κ1) is 15.7. The van der Waals surface area contributed by atoms with E-state index in [4.69, 9.17) is 0 Å². The molecule has 0 aliphatic heterocycles. The zero-order valence-corrected chi connectivity index (χ0v) is 14.3. The van der Waals surface area contributed by atoms with Crippen molar-refractivity contribution in [2.45, 2.75) is 24.7 Å². The minimum absolute atomic E-state index is 0.370. The number of hydrogen-bond donors (Lipinski definition) is 1. The van der Waals surface area contributed by atoms with Crippen molar-refractivity contribution in [1.82, 2.24) is 4.72 Å². The van der Waals surface area contributed by atoms with Gasteiger partial charge in [0.2, 0.25) is 10.0 Å². The van der Waals surface area contributed by atoms with Crippen molar-refractivity contribution in [2.75, 3.05) is 6.54 Å². The minimum atomic E-state index is -3.39. The van der Waals surface area contributed by atoms with E-state index in [9.17, 15) is 8.42 Å². The maximum absolute atomic E-state index is 12.2. The quantitative estimate of drug-likeness (QED) is 0.784. The van der Waals surface area contributed by atoms with E-state index in [1.807, 2.05) is 25.1 Å².